The van der Waals surface area contributed by atoms with E-state index in [4.69, 9.17) is 9.15 Å². The highest BCUT2D eigenvalue weighted by Crippen LogP contribution is 2.14. The summed E-state index contributed by atoms with van der Waals surface area (Å²) in [4.78, 5) is 16.4. The number of amides is 1. The van der Waals surface area contributed by atoms with Crippen molar-refractivity contribution in [2.45, 2.75) is 33.0 Å². The molecular formula is C17H18FN5O3. The molecular weight excluding hydrogens is 341 g/mol. The van der Waals surface area contributed by atoms with E-state index < -0.39 is 0 Å². The highest BCUT2D eigenvalue weighted by atomic mass is 19.1. The van der Waals surface area contributed by atoms with E-state index in [1.807, 2.05) is 18.4 Å². The van der Waals surface area contributed by atoms with Crippen LogP contribution in [0, 0.1) is 5.82 Å². The topological polar surface area (TPSA) is 95.1 Å². The van der Waals surface area contributed by atoms with Crippen molar-refractivity contribution < 1.29 is 18.3 Å². The number of halogens is 1. The molecule has 0 fully saturated rings. The number of nitrogens with zero attached hydrogens (tertiary/aromatic N) is 4. The van der Waals surface area contributed by atoms with Crippen molar-refractivity contribution in [1.82, 2.24) is 25.1 Å². The van der Waals surface area contributed by atoms with Crippen molar-refractivity contribution in [3.8, 4) is 5.75 Å². The summed E-state index contributed by atoms with van der Waals surface area (Å²) in [7, 11) is 0. The van der Waals surface area contributed by atoms with E-state index in [2.05, 4.69) is 20.5 Å². The monoisotopic (exact) mass is 359 g/mol. The van der Waals surface area contributed by atoms with Gasteiger partial charge in [-0.25, -0.2) is 9.37 Å². The summed E-state index contributed by atoms with van der Waals surface area (Å²) in [6, 6.07) is 5.25. The van der Waals surface area contributed by atoms with E-state index in [9.17, 15) is 9.18 Å². The highest BCUT2D eigenvalue weighted by molar-refractivity contribution is 5.92. The number of ether oxygens (including phenoxy) is 1. The van der Waals surface area contributed by atoms with Gasteiger partial charge in [-0.05, 0) is 38.1 Å². The molecule has 2 aromatic heterocycles. The lowest BCUT2D eigenvalue weighted by atomic mass is 10.3. The van der Waals surface area contributed by atoms with Gasteiger partial charge in [0.15, 0.2) is 18.1 Å². The molecule has 0 aliphatic heterocycles. The summed E-state index contributed by atoms with van der Waals surface area (Å²) in [6.45, 7) is 4.51. The fourth-order valence-corrected chi connectivity index (χ4v) is 2.34. The molecule has 0 aliphatic rings. The first-order valence-electron chi connectivity index (χ1n) is 8.08. The Morgan fingerprint density at radius 3 is 2.88 bits per heavy atom. The Morgan fingerprint density at radius 2 is 2.15 bits per heavy atom. The van der Waals surface area contributed by atoms with Gasteiger partial charge in [0.25, 0.3) is 5.91 Å². The van der Waals surface area contributed by atoms with Crippen LogP contribution >= 0.6 is 0 Å². The third kappa shape index (κ3) is 4.05. The lowest BCUT2D eigenvalue weighted by Crippen LogP contribution is -2.29. The van der Waals surface area contributed by atoms with E-state index in [0.29, 0.717) is 18.1 Å². The van der Waals surface area contributed by atoms with Gasteiger partial charge in [-0.2, -0.15) is 0 Å². The Labute approximate surface area is 149 Å². The smallest absolute Gasteiger partial charge is 0.273 e. The second kappa shape index (κ2) is 7.77. The lowest BCUT2D eigenvalue weighted by Gasteiger charge is -2.12. The first-order chi connectivity index (χ1) is 12.6. The average molecular weight is 359 g/mol. The molecule has 0 bridgehead atoms. The zero-order chi connectivity index (χ0) is 18.5. The van der Waals surface area contributed by atoms with Gasteiger partial charge in [0, 0.05) is 6.54 Å². The van der Waals surface area contributed by atoms with E-state index in [1.54, 1.807) is 6.33 Å². The van der Waals surface area contributed by atoms with Gasteiger partial charge in [0.2, 0.25) is 5.89 Å². The largest absolute Gasteiger partial charge is 0.484 e. The van der Waals surface area contributed by atoms with E-state index >= 15 is 0 Å². The predicted octanol–water partition coefficient (Wildman–Crippen LogP) is 2.50. The van der Waals surface area contributed by atoms with Gasteiger partial charge in [-0.15, -0.1) is 10.2 Å². The molecule has 3 aromatic rings. The molecule has 136 valence electrons. The van der Waals surface area contributed by atoms with Crippen LogP contribution in [0.2, 0.25) is 0 Å². The molecule has 1 unspecified atom stereocenters. The number of aryl methyl sites for hydroxylation is 1. The predicted molar refractivity (Wildman–Crippen MR) is 88.8 cm³/mol. The summed E-state index contributed by atoms with van der Waals surface area (Å²) in [5.41, 5.74) is 0.136. The maximum atomic E-state index is 12.9. The summed E-state index contributed by atoms with van der Waals surface area (Å²) in [5, 5.41) is 10.7. The molecule has 0 spiro atoms. The van der Waals surface area contributed by atoms with Crippen molar-refractivity contribution >= 4 is 5.91 Å². The maximum Gasteiger partial charge on any atom is 0.273 e. The maximum absolute atomic E-state index is 12.9. The third-order valence-corrected chi connectivity index (χ3v) is 3.68. The van der Waals surface area contributed by atoms with Gasteiger partial charge in [0.05, 0.1) is 6.04 Å². The standard InChI is InChI=1S/C17H18FN5O3/c1-3-23-10-19-22-16(23)11(2)20-17(24)14-8-26-15(21-14)9-25-13-6-4-12(18)5-7-13/h4-8,10-11H,3,9H2,1-2H3,(H,20,24). The summed E-state index contributed by atoms with van der Waals surface area (Å²) in [6.07, 6.45) is 2.87. The van der Waals surface area contributed by atoms with Crippen molar-refractivity contribution in [3.05, 3.63) is 60.1 Å². The Balaban J connectivity index is 1.58. The molecule has 0 saturated heterocycles. The second-order valence-corrected chi connectivity index (χ2v) is 5.54. The molecule has 1 aromatic carbocycles. The zero-order valence-corrected chi connectivity index (χ0v) is 14.3. The molecule has 2 heterocycles. The minimum Gasteiger partial charge on any atom is -0.484 e. The minimum atomic E-state index is -0.389. The van der Waals surface area contributed by atoms with Crippen molar-refractivity contribution in [2.75, 3.05) is 0 Å². The van der Waals surface area contributed by atoms with Crippen LogP contribution in [0.25, 0.3) is 0 Å². The van der Waals surface area contributed by atoms with Gasteiger partial charge in [-0.3, -0.25) is 4.79 Å². The van der Waals surface area contributed by atoms with Crippen LogP contribution in [0.15, 0.2) is 41.3 Å². The molecule has 1 atom stereocenters. The molecule has 26 heavy (non-hydrogen) atoms. The molecule has 0 aliphatic carbocycles. The number of rotatable bonds is 7. The van der Waals surface area contributed by atoms with Crippen LogP contribution in [0.3, 0.4) is 0 Å². The number of hydrogen-bond acceptors (Lipinski definition) is 6. The summed E-state index contributed by atoms with van der Waals surface area (Å²) in [5.74, 6) is 0.636. The molecule has 0 radical (unpaired) electrons. The Bertz CT molecular complexity index is 875. The van der Waals surface area contributed by atoms with E-state index in [1.165, 1.54) is 30.5 Å². The van der Waals surface area contributed by atoms with Gasteiger partial charge < -0.3 is 19.0 Å². The Kier molecular flexibility index (Phi) is 5.26. The van der Waals surface area contributed by atoms with Crippen LogP contribution in [-0.4, -0.2) is 25.7 Å². The number of benzene rings is 1. The van der Waals surface area contributed by atoms with Crippen molar-refractivity contribution in [2.24, 2.45) is 0 Å². The van der Waals surface area contributed by atoms with Crippen LogP contribution in [0.4, 0.5) is 4.39 Å². The van der Waals surface area contributed by atoms with Crippen LogP contribution in [-0.2, 0) is 13.2 Å². The van der Waals surface area contributed by atoms with Gasteiger partial charge in [0.1, 0.15) is 24.2 Å². The normalized spacial score (nSPS) is 12.0. The SMILES string of the molecule is CCn1cnnc1C(C)NC(=O)c1coc(COc2ccc(F)cc2)n1. The highest BCUT2D eigenvalue weighted by Gasteiger charge is 2.19. The molecule has 9 heteroatoms. The van der Waals surface area contributed by atoms with Gasteiger partial charge in [-0.1, -0.05) is 0 Å². The average Bonchev–Trinajstić information content (AvgIpc) is 3.30. The first kappa shape index (κ1) is 17.6. The molecule has 0 saturated carbocycles. The minimum absolute atomic E-state index is 0.0264. The summed E-state index contributed by atoms with van der Waals surface area (Å²) >= 11 is 0. The zero-order valence-electron chi connectivity index (χ0n) is 14.3. The third-order valence-electron chi connectivity index (χ3n) is 3.68. The molecule has 8 nitrogen and oxygen atoms in total. The van der Waals surface area contributed by atoms with Crippen molar-refractivity contribution in [1.29, 1.82) is 0 Å². The quantitative estimate of drug-likeness (QED) is 0.696. The molecule has 1 N–H and O–H groups in total. The summed E-state index contributed by atoms with van der Waals surface area (Å²) < 4.78 is 25.4. The molecule has 1 amide bonds. The van der Waals surface area contributed by atoms with E-state index in [0.717, 1.165) is 0 Å². The first-order valence-corrected chi connectivity index (χ1v) is 8.08. The fraction of sp³-hybridized carbons (Fsp3) is 0.294. The second-order valence-electron chi connectivity index (χ2n) is 5.54. The Hall–Kier alpha value is -3.23. The molecule has 3 rings (SSSR count). The Morgan fingerprint density at radius 1 is 1.38 bits per heavy atom. The number of oxazole rings is 1. The van der Waals surface area contributed by atoms with Crippen LogP contribution in [0.5, 0.6) is 5.75 Å². The van der Waals surface area contributed by atoms with Crippen LogP contribution in [0.1, 0.15) is 42.1 Å². The number of nitrogens with one attached hydrogen (secondary N) is 1. The van der Waals surface area contributed by atoms with Crippen LogP contribution < -0.4 is 10.1 Å². The van der Waals surface area contributed by atoms with E-state index in [-0.39, 0.29) is 36.0 Å². The number of aromatic nitrogens is 4. The number of hydrogen-bond donors (Lipinski definition) is 1. The van der Waals surface area contributed by atoms with Crippen molar-refractivity contribution in [3.63, 3.8) is 0 Å². The van der Waals surface area contributed by atoms with Gasteiger partial charge >= 0.3 is 0 Å². The number of carbonyl (C=O) groups is 1. The lowest BCUT2D eigenvalue weighted by molar-refractivity contribution is 0.0932. The fourth-order valence-electron chi connectivity index (χ4n) is 2.34. The number of carbonyl (C=O) groups excluding carboxylic acids is 1.